The lowest BCUT2D eigenvalue weighted by Crippen LogP contribution is -2.34. The standard InChI is InChI=1S/C25H31NO2S/c1-20-6-4-11-25(16-20)29(27,28)19-22-8-5-7-21(12-13-22)17-26-15-14-23-9-2-3-10-24(23)18-26/h2-4,6,9-11,16,19,21H,5,7-8,12-15,17-18H2,1H3/b22-19-. The monoisotopic (exact) mass is 409 g/mol. The molecule has 0 N–H and O–H groups in total. The minimum atomic E-state index is -3.35. The molecule has 1 fully saturated rings. The van der Waals surface area contributed by atoms with Gasteiger partial charge in [0.15, 0.2) is 9.84 Å². The Bertz CT molecular complexity index is 993. The fourth-order valence-electron chi connectivity index (χ4n) is 4.73. The van der Waals surface area contributed by atoms with Crippen molar-refractivity contribution in [2.75, 3.05) is 13.1 Å². The van der Waals surface area contributed by atoms with Crippen LogP contribution in [-0.2, 0) is 22.8 Å². The van der Waals surface area contributed by atoms with E-state index in [2.05, 4.69) is 29.2 Å². The van der Waals surface area contributed by atoms with Gasteiger partial charge >= 0.3 is 0 Å². The highest BCUT2D eigenvalue weighted by Gasteiger charge is 2.22. The number of hydrogen-bond acceptors (Lipinski definition) is 3. The van der Waals surface area contributed by atoms with Crippen LogP contribution >= 0.6 is 0 Å². The zero-order valence-electron chi connectivity index (χ0n) is 17.3. The Morgan fingerprint density at radius 3 is 2.66 bits per heavy atom. The Morgan fingerprint density at radius 2 is 1.83 bits per heavy atom. The number of aryl methyl sites for hydroxylation is 1. The van der Waals surface area contributed by atoms with Crippen LogP contribution in [0.3, 0.4) is 0 Å². The molecule has 0 amide bonds. The summed E-state index contributed by atoms with van der Waals surface area (Å²) in [5.41, 5.74) is 5.04. The van der Waals surface area contributed by atoms with Crippen molar-refractivity contribution < 1.29 is 8.42 Å². The molecule has 0 aromatic heterocycles. The van der Waals surface area contributed by atoms with Crippen molar-refractivity contribution in [3.63, 3.8) is 0 Å². The lowest BCUT2D eigenvalue weighted by atomic mass is 9.96. The molecule has 4 heteroatoms. The largest absolute Gasteiger partial charge is 0.298 e. The highest BCUT2D eigenvalue weighted by Crippen LogP contribution is 2.30. The van der Waals surface area contributed by atoms with Crippen LogP contribution in [0, 0.1) is 12.8 Å². The molecule has 0 bridgehead atoms. The number of sulfone groups is 1. The summed E-state index contributed by atoms with van der Waals surface area (Å²) < 4.78 is 25.6. The van der Waals surface area contributed by atoms with E-state index in [1.165, 1.54) is 17.5 Å². The van der Waals surface area contributed by atoms with Crippen molar-refractivity contribution in [1.82, 2.24) is 4.90 Å². The molecule has 0 spiro atoms. The van der Waals surface area contributed by atoms with Crippen molar-refractivity contribution >= 4 is 9.84 Å². The third-order valence-electron chi connectivity index (χ3n) is 6.35. The summed E-state index contributed by atoms with van der Waals surface area (Å²) in [5.74, 6) is 0.660. The molecule has 0 saturated heterocycles. The van der Waals surface area contributed by atoms with Crippen LogP contribution in [0.1, 0.15) is 48.8 Å². The molecular formula is C25H31NO2S. The van der Waals surface area contributed by atoms with E-state index in [9.17, 15) is 8.42 Å². The van der Waals surface area contributed by atoms with Crippen molar-refractivity contribution in [1.29, 1.82) is 0 Å². The van der Waals surface area contributed by atoms with Gasteiger partial charge in [0.2, 0.25) is 0 Å². The molecule has 3 nitrogen and oxygen atoms in total. The Morgan fingerprint density at radius 1 is 1.00 bits per heavy atom. The first-order chi connectivity index (χ1) is 14.0. The summed E-state index contributed by atoms with van der Waals surface area (Å²) in [7, 11) is -3.35. The van der Waals surface area contributed by atoms with Gasteiger partial charge in [-0.15, -0.1) is 0 Å². The highest BCUT2D eigenvalue weighted by molar-refractivity contribution is 7.94. The van der Waals surface area contributed by atoms with E-state index in [1.54, 1.807) is 17.5 Å². The predicted octanol–water partition coefficient (Wildman–Crippen LogP) is 5.29. The van der Waals surface area contributed by atoms with E-state index in [4.69, 9.17) is 0 Å². The molecule has 29 heavy (non-hydrogen) atoms. The van der Waals surface area contributed by atoms with Gasteiger partial charge in [-0.3, -0.25) is 4.90 Å². The minimum absolute atomic E-state index is 0.415. The topological polar surface area (TPSA) is 37.4 Å². The lowest BCUT2D eigenvalue weighted by molar-refractivity contribution is 0.203. The molecule has 0 radical (unpaired) electrons. The maximum Gasteiger partial charge on any atom is 0.199 e. The third kappa shape index (κ3) is 5.18. The second kappa shape index (κ2) is 8.85. The average Bonchev–Trinajstić information content (AvgIpc) is 2.92. The Labute approximate surface area is 175 Å². The van der Waals surface area contributed by atoms with Gasteiger partial charge in [-0.05, 0) is 80.2 Å². The van der Waals surface area contributed by atoms with Crippen molar-refractivity contribution in [2.24, 2.45) is 5.92 Å². The van der Waals surface area contributed by atoms with Gasteiger partial charge in [-0.25, -0.2) is 8.42 Å². The summed E-state index contributed by atoms with van der Waals surface area (Å²) in [6.07, 6.45) is 6.32. The molecule has 4 rings (SSSR count). The van der Waals surface area contributed by atoms with E-state index in [0.29, 0.717) is 10.8 Å². The van der Waals surface area contributed by atoms with Gasteiger partial charge in [0.25, 0.3) is 0 Å². The molecule has 1 heterocycles. The molecule has 154 valence electrons. The van der Waals surface area contributed by atoms with Crippen LogP contribution in [0.25, 0.3) is 0 Å². The third-order valence-corrected chi connectivity index (χ3v) is 7.90. The summed E-state index contributed by atoms with van der Waals surface area (Å²) in [6, 6.07) is 16.0. The number of rotatable bonds is 4. The average molecular weight is 410 g/mol. The van der Waals surface area contributed by atoms with Crippen LogP contribution in [-0.4, -0.2) is 26.4 Å². The zero-order chi connectivity index (χ0) is 20.3. The van der Waals surface area contributed by atoms with Crippen LogP contribution < -0.4 is 0 Å². The summed E-state index contributed by atoms with van der Waals surface area (Å²) >= 11 is 0. The zero-order valence-corrected chi connectivity index (χ0v) is 18.1. The molecule has 1 aliphatic heterocycles. The number of nitrogens with zero attached hydrogens (tertiary/aromatic N) is 1. The van der Waals surface area contributed by atoms with Crippen molar-refractivity contribution in [3.8, 4) is 0 Å². The fraction of sp³-hybridized carbons (Fsp3) is 0.440. The van der Waals surface area contributed by atoms with E-state index < -0.39 is 9.84 Å². The summed E-state index contributed by atoms with van der Waals surface area (Å²) in [5, 5.41) is 1.56. The molecule has 2 aromatic carbocycles. The Balaban J connectivity index is 1.38. The molecule has 1 unspecified atom stereocenters. The first-order valence-corrected chi connectivity index (χ1v) is 12.3. The maximum absolute atomic E-state index is 12.8. The predicted molar refractivity (Wildman–Crippen MR) is 118 cm³/mol. The van der Waals surface area contributed by atoms with Crippen molar-refractivity contribution in [2.45, 2.75) is 56.9 Å². The molecule has 2 aromatic rings. The number of fused-ring (bicyclic) bond motifs is 1. The second-order valence-corrected chi connectivity index (χ2v) is 10.5. The second-order valence-electron chi connectivity index (χ2n) is 8.69. The van der Waals surface area contributed by atoms with Crippen LogP contribution in [0.2, 0.25) is 0 Å². The minimum Gasteiger partial charge on any atom is -0.298 e. The van der Waals surface area contributed by atoms with E-state index in [0.717, 1.165) is 62.9 Å². The van der Waals surface area contributed by atoms with Crippen LogP contribution in [0.15, 0.2) is 64.4 Å². The Hall–Kier alpha value is -1.91. The molecule has 2 aliphatic rings. The molecule has 1 aliphatic carbocycles. The van der Waals surface area contributed by atoms with Crippen LogP contribution in [0.5, 0.6) is 0 Å². The molecule has 1 atom stereocenters. The molecule has 1 saturated carbocycles. The first-order valence-electron chi connectivity index (χ1n) is 10.8. The highest BCUT2D eigenvalue weighted by atomic mass is 32.2. The lowest BCUT2D eigenvalue weighted by Gasteiger charge is -2.31. The van der Waals surface area contributed by atoms with Crippen LogP contribution in [0.4, 0.5) is 0 Å². The summed E-state index contributed by atoms with van der Waals surface area (Å²) in [4.78, 5) is 3.00. The number of benzene rings is 2. The van der Waals surface area contributed by atoms with Gasteiger partial charge < -0.3 is 0 Å². The van der Waals surface area contributed by atoms with Crippen molar-refractivity contribution in [3.05, 3.63) is 76.2 Å². The van der Waals surface area contributed by atoms with Gasteiger partial charge in [-0.1, -0.05) is 42.0 Å². The van der Waals surface area contributed by atoms with E-state index >= 15 is 0 Å². The molecular weight excluding hydrogens is 378 g/mol. The Kier molecular flexibility index (Phi) is 6.21. The smallest absolute Gasteiger partial charge is 0.199 e. The van der Waals surface area contributed by atoms with E-state index in [-0.39, 0.29) is 0 Å². The fourth-order valence-corrected chi connectivity index (χ4v) is 6.16. The van der Waals surface area contributed by atoms with Gasteiger partial charge in [-0.2, -0.15) is 0 Å². The van der Waals surface area contributed by atoms with Gasteiger partial charge in [0.05, 0.1) is 4.90 Å². The maximum atomic E-state index is 12.8. The normalized spacial score (nSPS) is 22.2. The number of allylic oxidation sites excluding steroid dienone is 1. The SMILES string of the molecule is Cc1cccc(S(=O)(=O)/C=C2/CCCC(CN3CCc4ccccc4C3)CC2)c1. The van der Waals surface area contributed by atoms with Gasteiger partial charge in [0, 0.05) is 25.0 Å². The first kappa shape index (κ1) is 20.4. The van der Waals surface area contributed by atoms with Gasteiger partial charge in [0.1, 0.15) is 0 Å². The number of hydrogen-bond donors (Lipinski definition) is 0. The summed E-state index contributed by atoms with van der Waals surface area (Å²) in [6.45, 7) is 5.25. The quantitative estimate of drug-likeness (QED) is 0.644. The van der Waals surface area contributed by atoms with E-state index in [1.807, 2.05) is 19.1 Å².